The molecule has 0 aromatic heterocycles. The highest BCUT2D eigenvalue weighted by Crippen LogP contribution is 2.28. The molecule has 10 heteroatoms. The number of amides is 4. The lowest BCUT2D eigenvalue weighted by atomic mass is 10.2. The van der Waals surface area contributed by atoms with Crippen molar-refractivity contribution in [1.82, 2.24) is 10.6 Å². The molecule has 0 bridgehead atoms. The summed E-state index contributed by atoms with van der Waals surface area (Å²) in [6.07, 6.45) is 2.67. The molecule has 0 spiro atoms. The van der Waals surface area contributed by atoms with Crippen LogP contribution in [0.2, 0.25) is 0 Å². The number of rotatable bonds is 8. The molecule has 29 heavy (non-hydrogen) atoms. The van der Waals surface area contributed by atoms with E-state index in [9.17, 15) is 19.2 Å². The van der Waals surface area contributed by atoms with E-state index in [-0.39, 0.29) is 29.7 Å². The van der Waals surface area contributed by atoms with Gasteiger partial charge in [-0.25, -0.2) is 9.59 Å². The second kappa shape index (κ2) is 10.3. The quantitative estimate of drug-likeness (QED) is 0.542. The summed E-state index contributed by atoms with van der Waals surface area (Å²) in [6.45, 7) is 1.01. The average molecular weight is 407 g/mol. The highest BCUT2D eigenvalue weighted by atomic mass is 16.5. The first-order chi connectivity index (χ1) is 13.8. The fourth-order valence-electron chi connectivity index (χ4n) is 2.85. The van der Waals surface area contributed by atoms with Gasteiger partial charge in [0.05, 0.1) is 12.7 Å². The van der Waals surface area contributed by atoms with Crippen molar-refractivity contribution in [2.45, 2.75) is 44.8 Å². The van der Waals surface area contributed by atoms with E-state index in [4.69, 9.17) is 19.9 Å². The maximum Gasteiger partial charge on any atom is 0.339 e. The Morgan fingerprint density at radius 1 is 1.17 bits per heavy atom. The number of ether oxygens (including phenoxy) is 3. The Labute approximate surface area is 168 Å². The summed E-state index contributed by atoms with van der Waals surface area (Å²) in [6, 6.07) is 3.60. The number of hydrogen-bond acceptors (Lipinski definition) is 7. The molecule has 1 unspecified atom stereocenters. The number of benzene rings is 1. The number of primary amides is 1. The molecule has 1 aromatic carbocycles. The van der Waals surface area contributed by atoms with Crippen LogP contribution in [-0.4, -0.2) is 49.7 Å². The maximum atomic E-state index is 12.3. The fourth-order valence-corrected chi connectivity index (χ4v) is 2.85. The van der Waals surface area contributed by atoms with Crippen molar-refractivity contribution < 1.29 is 33.4 Å². The van der Waals surface area contributed by atoms with Crippen LogP contribution < -0.4 is 25.8 Å². The van der Waals surface area contributed by atoms with Crippen LogP contribution >= 0.6 is 0 Å². The van der Waals surface area contributed by atoms with E-state index in [1.54, 1.807) is 0 Å². The first-order valence-corrected chi connectivity index (χ1v) is 9.21. The third-order valence-electron chi connectivity index (χ3n) is 4.35. The van der Waals surface area contributed by atoms with Gasteiger partial charge in [0.1, 0.15) is 0 Å². The summed E-state index contributed by atoms with van der Waals surface area (Å²) in [4.78, 5) is 47.1. The molecule has 1 aromatic rings. The lowest BCUT2D eigenvalue weighted by molar-refractivity contribution is -0.128. The van der Waals surface area contributed by atoms with Crippen molar-refractivity contribution in [1.29, 1.82) is 0 Å². The summed E-state index contributed by atoms with van der Waals surface area (Å²) in [5.41, 5.74) is 5.13. The summed E-state index contributed by atoms with van der Waals surface area (Å²) in [5.74, 6) is -1.77. The van der Waals surface area contributed by atoms with Crippen molar-refractivity contribution >= 4 is 23.8 Å². The predicted octanol–water partition coefficient (Wildman–Crippen LogP) is 0.873. The molecule has 1 atom stereocenters. The van der Waals surface area contributed by atoms with Gasteiger partial charge in [0, 0.05) is 6.04 Å². The van der Waals surface area contributed by atoms with E-state index in [1.807, 2.05) is 0 Å². The summed E-state index contributed by atoms with van der Waals surface area (Å²) in [7, 11) is 1.36. The van der Waals surface area contributed by atoms with Gasteiger partial charge in [0.2, 0.25) is 0 Å². The Morgan fingerprint density at radius 3 is 2.48 bits per heavy atom. The van der Waals surface area contributed by atoms with Crippen LogP contribution in [-0.2, 0) is 14.3 Å². The van der Waals surface area contributed by atoms with Gasteiger partial charge in [-0.05, 0) is 38.0 Å². The van der Waals surface area contributed by atoms with E-state index in [0.717, 1.165) is 25.7 Å². The molecule has 4 amide bonds. The number of carbonyl (C=O) groups is 4. The smallest absolute Gasteiger partial charge is 0.339 e. The number of imide groups is 1. The Morgan fingerprint density at radius 2 is 1.86 bits per heavy atom. The molecule has 158 valence electrons. The van der Waals surface area contributed by atoms with Gasteiger partial charge < -0.3 is 25.3 Å². The first kappa shape index (κ1) is 22.0. The SMILES string of the molecule is COc1cc(C(=O)OC(C)C(=O)NC(=O)NC2CCCC2)ccc1OCC(N)=O. The molecule has 1 aliphatic rings. The molecule has 2 rings (SSSR count). The normalized spacial score (nSPS) is 14.6. The molecule has 0 radical (unpaired) electrons. The number of esters is 1. The number of carbonyl (C=O) groups excluding carboxylic acids is 4. The van der Waals surface area contributed by atoms with Crippen LogP contribution in [0, 0.1) is 0 Å². The van der Waals surface area contributed by atoms with Gasteiger partial charge in [-0.1, -0.05) is 12.8 Å². The standard InChI is InChI=1S/C19H25N3O7/c1-11(17(24)22-19(26)21-13-5-3-4-6-13)29-18(25)12-7-8-14(15(9-12)27-2)28-10-16(20)23/h7-9,11,13H,3-6,10H2,1-2H3,(H2,20,23)(H2,21,22,24,26). The van der Waals surface area contributed by atoms with E-state index < -0.39 is 29.9 Å². The van der Waals surface area contributed by atoms with E-state index in [1.165, 1.54) is 32.2 Å². The fraction of sp³-hybridized carbons (Fsp3) is 0.474. The highest BCUT2D eigenvalue weighted by molar-refractivity contribution is 5.98. The topological polar surface area (TPSA) is 146 Å². The number of hydrogen-bond donors (Lipinski definition) is 3. The van der Waals surface area contributed by atoms with E-state index in [0.29, 0.717) is 0 Å². The van der Waals surface area contributed by atoms with Gasteiger partial charge in [0.25, 0.3) is 11.8 Å². The molecule has 0 saturated heterocycles. The molecule has 1 aliphatic carbocycles. The molecular formula is C19H25N3O7. The lowest BCUT2D eigenvalue weighted by Crippen LogP contribution is -2.47. The minimum Gasteiger partial charge on any atom is -0.493 e. The largest absolute Gasteiger partial charge is 0.493 e. The Kier molecular flexibility index (Phi) is 7.81. The molecule has 0 aliphatic heterocycles. The monoisotopic (exact) mass is 407 g/mol. The lowest BCUT2D eigenvalue weighted by Gasteiger charge is -2.16. The van der Waals surface area contributed by atoms with Crippen molar-refractivity contribution in [2.24, 2.45) is 5.73 Å². The van der Waals surface area contributed by atoms with Crippen LogP contribution in [0.5, 0.6) is 11.5 Å². The number of nitrogens with two attached hydrogens (primary N) is 1. The van der Waals surface area contributed by atoms with Crippen LogP contribution in [0.25, 0.3) is 0 Å². The molecular weight excluding hydrogens is 382 g/mol. The molecule has 1 saturated carbocycles. The van der Waals surface area contributed by atoms with Crippen LogP contribution in [0.3, 0.4) is 0 Å². The van der Waals surface area contributed by atoms with Crippen molar-refractivity contribution in [2.75, 3.05) is 13.7 Å². The van der Waals surface area contributed by atoms with Crippen molar-refractivity contribution in [3.63, 3.8) is 0 Å². The van der Waals surface area contributed by atoms with E-state index in [2.05, 4.69) is 10.6 Å². The Bertz CT molecular complexity index is 775. The van der Waals surface area contributed by atoms with Crippen LogP contribution in [0.15, 0.2) is 18.2 Å². The molecule has 10 nitrogen and oxygen atoms in total. The van der Waals surface area contributed by atoms with Gasteiger partial charge in [-0.15, -0.1) is 0 Å². The van der Waals surface area contributed by atoms with Gasteiger partial charge in [-0.2, -0.15) is 0 Å². The van der Waals surface area contributed by atoms with Crippen molar-refractivity contribution in [3.8, 4) is 11.5 Å². The van der Waals surface area contributed by atoms with Crippen molar-refractivity contribution in [3.05, 3.63) is 23.8 Å². The molecule has 4 N–H and O–H groups in total. The molecule has 0 heterocycles. The average Bonchev–Trinajstić information content (AvgIpc) is 3.18. The minimum atomic E-state index is -1.19. The summed E-state index contributed by atoms with van der Waals surface area (Å²) < 4.78 is 15.4. The van der Waals surface area contributed by atoms with Gasteiger partial charge in [-0.3, -0.25) is 14.9 Å². The number of urea groups is 1. The zero-order chi connectivity index (χ0) is 21.4. The second-order valence-corrected chi connectivity index (χ2v) is 6.61. The third-order valence-corrected chi connectivity index (χ3v) is 4.35. The van der Waals surface area contributed by atoms with Gasteiger partial charge >= 0.3 is 12.0 Å². The molecule has 1 fully saturated rings. The van der Waals surface area contributed by atoms with Crippen LogP contribution in [0.4, 0.5) is 4.79 Å². The number of nitrogens with one attached hydrogen (secondary N) is 2. The summed E-state index contributed by atoms with van der Waals surface area (Å²) in [5, 5.41) is 4.88. The zero-order valence-corrected chi connectivity index (χ0v) is 16.4. The number of methoxy groups -OCH3 is 1. The predicted molar refractivity (Wildman–Crippen MR) is 101 cm³/mol. The Hall–Kier alpha value is -3.30. The van der Waals surface area contributed by atoms with Gasteiger partial charge in [0.15, 0.2) is 24.2 Å². The summed E-state index contributed by atoms with van der Waals surface area (Å²) >= 11 is 0. The first-order valence-electron chi connectivity index (χ1n) is 9.21. The Balaban J connectivity index is 1.91. The third kappa shape index (κ3) is 6.66. The highest BCUT2D eigenvalue weighted by Gasteiger charge is 2.23. The maximum absolute atomic E-state index is 12.3. The zero-order valence-electron chi connectivity index (χ0n) is 16.4. The second-order valence-electron chi connectivity index (χ2n) is 6.61. The van der Waals surface area contributed by atoms with E-state index >= 15 is 0 Å². The minimum absolute atomic E-state index is 0.0587. The van der Waals surface area contributed by atoms with Crippen LogP contribution in [0.1, 0.15) is 43.0 Å².